The van der Waals surface area contributed by atoms with Crippen LogP contribution in [0.3, 0.4) is 0 Å². The Kier molecular flexibility index (Phi) is 3.45. The summed E-state index contributed by atoms with van der Waals surface area (Å²) in [7, 11) is 0. The lowest BCUT2D eigenvalue weighted by molar-refractivity contribution is -0.118. The molecule has 1 saturated heterocycles. The van der Waals surface area contributed by atoms with Gasteiger partial charge in [0.05, 0.1) is 0 Å². The van der Waals surface area contributed by atoms with E-state index in [4.69, 9.17) is 11.5 Å². The van der Waals surface area contributed by atoms with Gasteiger partial charge in [0.2, 0.25) is 23.8 Å². The molecule has 2 heterocycles. The molecular formula is C10H17N7O. The third kappa shape index (κ3) is 2.76. The maximum Gasteiger partial charge on any atom is 0.239 e. The number of amides is 1. The molecule has 1 aromatic heterocycles. The number of carbonyl (C=O) groups is 1. The van der Waals surface area contributed by atoms with Gasteiger partial charge in [0, 0.05) is 13.1 Å². The van der Waals surface area contributed by atoms with Crippen LogP contribution in [-0.4, -0.2) is 40.0 Å². The van der Waals surface area contributed by atoms with Crippen molar-refractivity contribution in [2.75, 3.05) is 29.0 Å². The van der Waals surface area contributed by atoms with Gasteiger partial charge in [0.15, 0.2) is 0 Å². The van der Waals surface area contributed by atoms with Crippen LogP contribution in [0.1, 0.15) is 19.8 Å². The molecule has 1 fully saturated rings. The van der Waals surface area contributed by atoms with Crippen LogP contribution in [0.25, 0.3) is 0 Å². The van der Waals surface area contributed by atoms with Gasteiger partial charge in [-0.1, -0.05) is 0 Å². The number of nitrogens with one attached hydrogen (secondary N) is 1. The topological polar surface area (TPSA) is 123 Å². The minimum atomic E-state index is -0.557. The Balaban J connectivity index is 2.18. The second kappa shape index (κ2) is 5.03. The van der Waals surface area contributed by atoms with E-state index in [1.807, 2.05) is 4.90 Å². The smallest absolute Gasteiger partial charge is 0.239 e. The number of nitrogens with zero attached hydrogens (tertiary/aromatic N) is 4. The van der Waals surface area contributed by atoms with E-state index < -0.39 is 11.9 Å². The molecule has 0 saturated carbocycles. The van der Waals surface area contributed by atoms with Crippen molar-refractivity contribution in [2.45, 2.75) is 25.8 Å². The molecule has 1 unspecified atom stereocenters. The van der Waals surface area contributed by atoms with Crippen LogP contribution in [0.2, 0.25) is 0 Å². The van der Waals surface area contributed by atoms with Gasteiger partial charge in [0.25, 0.3) is 0 Å². The van der Waals surface area contributed by atoms with Crippen molar-refractivity contribution in [3.8, 4) is 0 Å². The summed E-state index contributed by atoms with van der Waals surface area (Å²) >= 11 is 0. The van der Waals surface area contributed by atoms with Crippen molar-refractivity contribution in [3.05, 3.63) is 0 Å². The predicted molar refractivity (Wildman–Crippen MR) is 68.0 cm³/mol. The summed E-state index contributed by atoms with van der Waals surface area (Å²) in [5, 5.41) is 2.80. The number of nitrogen functional groups attached to an aromatic ring is 1. The molecule has 1 aromatic rings. The minimum Gasteiger partial charge on any atom is -0.368 e. The van der Waals surface area contributed by atoms with Gasteiger partial charge < -0.3 is 21.7 Å². The second-order valence-electron chi connectivity index (χ2n) is 4.28. The molecule has 0 spiro atoms. The number of nitrogens with two attached hydrogens (primary N) is 2. The van der Waals surface area contributed by atoms with E-state index in [9.17, 15) is 4.79 Å². The summed E-state index contributed by atoms with van der Waals surface area (Å²) in [5.74, 6) is 0.470. The first-order chi connectivity index (χ1) is 8.56. The van der Waals surface area contributed by atoms with Crippen LogP contribution in [0.15, 0.2) is 0 Å². The summed E-state index contributed by atoms with van der Waals surface area (Å²) in [5.41, 5.74) is 10.8. The Morgan fingerprint density at radius 2 is 2.00 bits per heavy atom. The quantitative estimate of drug-likeness (QED) is 0.649. The number of aromatic nitrogens is 3. The predicted octanol–water partition coefficient (Wildman–Crippen LogP) is -0.660. The van der Waals surface area contributed by atoms with Crippen LogP contribution in [0, 0.1) is 0 Å². The average Bonchev–Trinajstić information content (AvgIpc) is 2.81. The Hall–Kier alpha value is -2.12. The van der Waals surface area contributed by atoms with Crippen molar-refractivity contribution >= 4 is 23.8 Å². The SMILES string of the molecule is CC(Nc1nc(N)nc(N2CCCC2)n1)C(N)=O. The van der Waals surface area contributed by atoms with Gasteiger partial charge in [-0.15, -0.1) is 0 Å². The molecular weight excluding hydrogens is 234 g/mol. The molecule has 1 aliphatic rings. The van der Waals surface area contributed by atoms with Crippen molar-refractivity contribution in [3.63, 3.8) is 0 Å². The van der Waals surface area contributed by atoms with Crippen LogP contribution in [0.4, 0.5) is 17.8 Å². The molecule has 1 amide bonds. The molecule has 0 radical (unpaired) electrons. The third-order valence-corrected chi connectivity index (χ3v) is 2.80. The highest BCUT2D eigenvalue weighted by Crippen LogP contribution is 2.17. The van der Waals surface area contributed by atoms with E-state index in [2.05, 4.69) is 20.3 Å². The van der Waals surface area contributed by atoms with E-state index >= 15 is 0 Å². The standard InChI is InChI=1S/C10H17N7O/c1-6(7(11)18)13-9-14-8(12)15-10(16-9)17-4-2-3-5-17/h6H,2-5H2,1H3,(H2,11,18)(H3,12,13,14,15,16). The molecule has 0 bridgehead atoms. The number of hydrogen-bond acceptors (Lipinski definition) is 7. The lowest BCUT2D eigenvalue weighted by Gasteiger charge is -2.17. The summed E-state index contributed by atoms with van der Waals surface area (Å²) in [6, 6.07) is -0.557. The second-order valence-corrected chi connectivity index (χ2v) is 4.28. The monoisotopic (exact) mass is 251 g/mol. The van der Waals surface area contributed by atoms with Gasteiger partial charge in [0.1, 0.15) is 6.04 Å². The highest BCUT2D eigenvalue weighted by molar-refractivity contribution is 5.81. The van der Waals surface area contributed by atoms with Crippen LogP contribution in [-0.2, 0) is 4.79 Å². The van der Waals surface area contributed by atoms with Gasteiger partial charge in [-0.3, -0.25) is 4.79 Å². The van der Waals surface area contributed by atoms with Crippen molar-refractivity contribution in [1.29, 1.82) is 0 Å². The fourth-order valence-electron chi connectivity index (χ4n) is 1.77. The number of carbonyl (C=O) groups excluding carboxylic acids is 1. The van der Waals surface area contributed by atoms with Crippen LogP contribution >= 0.6 is 0 Å². The molecule has 18 heavy (non-hydrogen) atoms. The zero-order valence-electron chi connectivity index (χ0n) is 10.3. The van der Waals surface area contributed by atoms with E-state index in [0.29, 0.717) is 5.95 Å². The Labute approximate surface area is 105 Å². The molecule has 8 heteroatoms. The summed E-state index contributed by atoms with van der Waals surface area (Å²) in [4.78, 5) is 25.3. The highest BCUT2D eigenvalue weighted by Gasteiger charge is 2.18. The van der Waals surface area contributed by atoms with E-state index in [1.165, 1.54) is 0 Å². The zero-order valence-corrected chi connectivity index (χ0v) is 10.3. The number of primary amides is 1. The first-order valence-electron chi connectivity index (χ1n) is 5.88. The van der Waals surface area contributed by atoms with Crippen molar-refractivity contribution in [2.24, 2.45) is 5.73 Å². The summed E-state index contributed by atoms with van der Waals surface area (Å²) in [6.07, 6.45) is 2.23. The molecule has 1 aliphatic heterocycles. The van der Waals surface area contributed by atoms with E-state index in [1.54, 1.807) is 6.92 Å². The normalized spacial score (nSPS) is 16.6. The summed E-state index contributed by atoms with van der Waals surface area (Å²) in [6.45, 7) is 3.46. The Morgan fingerprint density at radius 1 is 1.33 bits per heavy atom. The fourth-order valence-corrected chi connectivity index (χ4v) is 1.77. The fraction of sp³-hybridized carbons (Fsp3) is 0.600. The van der Waals surface area contributed by atoms with E-state index in [0.717, 1.165) is 25.9 Å². The zero-order chi connectivity index (χ0) is 13.1. The number of hydrogen-bond donors (Lipinski definition) is 3. The maximum absolute atomic E-state index is 11.0. The largest absolute Gasteiger partial charge is 0.368 e. The van der Waals surface area contributed by atoms with Gasteiger partial charge in [-0.2, -0.15) is 15.0 Å². The first kappa shape index (κ1) is 12.3. The highest BCUT2D eigenvalue weighted by atomic mass is 16.1. The van der Waals surface area contributed by atoms with Crippen molar-refractivity contribution in [1.82, 2.24) is 15.0 Å². The maximum atomic E-state index is 11.0. The third-order valence-electron chi connectivity index (χ3n) is 2.80. The average molecular weight is 251 g/mol. The minimum absolute atomic E-state index is 0.131. The molecule has 2 rings (SSSR count). The Morgan fingerprint density at radius 3 is 2.61 bits per heavy atom. The van der Waals surface area contributed by atoms with E-state index in [-0.39, 0.29) is 11.9 Å². The van der Waals surface area contributed by atoms with Gasteiger partial charge in [-0.05, 0) is 19.8 Å². The molecule has 1 atom stereocenters. The molecule has 0 aliphatic carbocycles. The lowest BCUT2D eigenvalue weighted by atomic mass is 10.3. The van der Waals surface area contributed by atoms with Crippen LogP contribution < -0.4 is 21.7 Å². The molecule has 8 nitrogen and oxygen atoms in total. The lowest BCUT2D eigenvalue weighted by Crippen LogP contribution is -2.33. The molecule has 98 valence electrons. The number of rotatable bonds is 4. The Bertz CT molecular complexity index is 444. The van der Waals surface area contributed by atoms with Gasteiger partial charge >= 0.3 is 0 Å². The number of anilines is 3. The summed E-state index contributed by atoms with van der Waals surface area (Å²) < 4.78 is 0. The first-order valence-corrected chi connectivity index (χ1v) is 5.88. The van der Waals surface area contributed by atoms with Crippen LogP contribution in [0.5, 0.6) is 0 Å². The molecule has 0 aromatic carbocycles. The van der Waals surface area contributed by atoms with Crippen molar-refractivity contribution < 1.29 is 4.79 Å². The van der Waals surface area contributed by atoms with Gasteiger partial charge in [-0.25, -0.2) is 0 Å². The molecule has 5 N–H and O–H groups in total.